The smallest absolute Gasteiger partial charge is 0.272 e. The lowest BCUT2D eigenvalue weighted by atomic mass is 10.1. The summed E-state index contributed by atoms with van der Waals surface area (Å²) in [4.78, 5) is 31.4. The second kappa shape index (κ2) is 11.3. The van der Waals surface area contributed by atoms with Crippen LogP contribution in [-0.4, -0.2) is 47.5 Å². The molecule has 1 N–H and O–H groups in total. The van der Waals surface area contributed by atoms with Crippen LogP contribution in [0.25, 0.3) is 0 Å². The fraction of sp³-hybridized carbons (Fsp3) is 0.292. The van der Waals surface area contributed by atoms with Gasteiger partial charge in [0, 0.05) is 30.3 Å². The van der Waals surface area contributed by atoms with Crippen LogP contribution >= 0.6 is 15.9 Å². The summed E-state index contributed by atoms with van der Waals surface area (Å²) in [6.07, 6.45) is 0. The Balaban J connectivity index is 1.70. The van der Waals surface area contributed by atoms with Crippen molar-refractivity contribution in [1.82, 2.24) is 19.8 Å². The summed E-state index contributed by atoms with van der Waals surface area (Å²) >= 11 is 3.22. The number of hydrogen-bond acceptors (Lipinski definition) is 5. The number of hydrogen-bond donors (Lipinski definition) is 1. The fourth-order valence-corrected chi connectivity index (χ4v) is 3.54. The van der Waals surface area contributed by atoms with E-state index in [0.29, 0.717) is 17.9 Å². The number of ether oxygens (including phenoxy) is 1. The molecule has 0 aliphatic rings. The predicted octanol–water partition coefficient (Wildman–Crippen LogP) is 3.51. The molecular weight excluding hydrogens is 510 g/mol. The van der Waals surface area contributed by atoms with Crippen molar-refractivity contribution in [2.24, 2.45) is 0 Å². The van der Waals surface area contributed by atoms with Crippen LogP contribution < -0.4 is 15.6 Å². The van der Waals surface area contributed by atoms with Gasteiger partial charge in [0.05, 0.1) is 6.54 Å². The number of nitrogens with zero attached hydrogens (tertiary/aromatic N) is 3. The Labute approximate surface area is 204 Å². The van der Waals surface area contributed by atoms with E-state index < -0.39 is 11.6 Å². The highest BCUT2D eigenvalue weighted by molar-refractivity contribution is 9.10. The lowest BCUT2D eigenvalue weighted by molar-refractivity contribution is 0.0951. The van der Waals surface area contributed by atoms with Gasteiger partial charge in [0.15, 0.2) is 0 Å². The van der Waals surface area contributed by atoms with Crippen molar-refractivity contribution in [3.63, 3.8) is 0 Å². The number of carbonyl (C=O) groups is 1. The van der Waals surface area contributed by atoms with E-state index in [-0.39, 0.29) is 40.5 Å². The van der Waals surface area contributed by atoms with Gasteiger partial charge in [-0.05, 0) is 66.8 Å². The third kappa shape index (κ3) is 6.48. The molecule has 3 aromatic rings. The maximum atomic E-state index is 13.8. The Morgan fingerprint density at radius 1 is 1.18 bits per heavy atom. The Morgan fingerprint density at radius 3 is 2.53 bits per heavy atom. The SMILES string of the molecule is Cc1nc(OCc2ccc(F)cc2F)c(Br)c(=O)n1Cc1ccc(C(=O)NCCN(C)C)cc1. The third-order valence-corrected chi connectivity index (χ3v) is 5.73. The maximum Gasteiger partial charge on any atom is 0.272 e. The zero-order valence-corrected chi connectivity index (χ0v) is 20.7. The van der Waals surface area contributed by atoms with Crippen LogP contribution in [0.4, 0.5) is 8.78 Å². The first-order valence-electron chi connectivity index (χ1n) is 10.5. The maximum absolute atomic E-state index is 13.8. The molecule has 1 amide bonds. The molecule has 0 saturated carbocycles. The van der Waals surface area contributed by atoms with Crippen LogP contribution in [0, 0.1) is 18.6 Å². The number of aryl methyl sites for hydroxylation is 1. The summed E-state index contributed by atoms with van der Waals surface area (Å²) < 4.78 is 34.0. The van der Waals surface area contributed by atoms with Crippen molar-refractivity contribution < 1.29 is 18.3 Å². The van der Waals surface area contributed by atoms with Crippen molar-refractivity contribution in [3.8, 4) is 5.88 Å². The molecule has 0 radical (unpaired) electrons. The van der Waals surface area contributed by atoms with E-state index in [0.717, 1.165) is 24.2 Å². The molecule has 3 rings (SSSR count). The molecule has 34 heavy (non-hydrogen) atoms. The number of benzene rings is 2. The normalized spacial score (nSPS) is 11.0. The summed E-state index contributed by atoms with van der Waals surface area (Å²) in [5.74, 6) is -1.17. The Bertz CT molecular complexity index is 1230. The Kier molecular flexibility index (Phi) is 8.51. The molecule has 180 valence electrons. The quantitative estimate of drug-likeness (QED) is 0.454. The van der Waals surface area contributed by atoms with E-state index in [2.05, 4.69) is 26.2 Å². The van der Waals surface area contributed by atoms with E-state index in [1.165, 1.54) is 10.6 Å². The van der Waals surface area contributed by atoms with Gasteiger partial charge < -0.3 is 15.0 Å². The van der Waals surface area contributed by atoms with Crippen molar-refractivity contribution in [1.29, 1.82) is 0 Å². The van der Waals surface area contributed by atoms with Crippen LogP contribution in [0.2, 0.25) is 0 Å². The molecular formula is C24H25BrF2N4O3. The fourth-order valence-electron chi connectivity index (χ4n) is 3.12. The molecule has 0 saturated heterocycles. The number of halogens is 3. The van der Waals surface area contributed by atoms with Gasteiger partial charge in [-0.15, -0.1) is 0 Å². The number of rotatable bonds is 9. The van der Waals surface area contributed by atoms with Crippen LogP contribution in [0.1, 0.15) is 27.3 Å². The zero-order chi connectivity index (χ0) is 24.8. The van der Waals surface area contributed by atoms with Gasteiger partial charge in [-0.25, -0.2) is 8.78 Å². The number of aromatic nitrogens is 2. The second-order valence-electron chi connectivity index (χ2n) is 7.95. The lowest BCUT2D eigenvalue weighted by Crippen LogP contribution is -2.31. The van der Waals surface area contributed by atoms with Gasteiger partial charge in [-0.1, -0.05) is 12.1 Å². The first-order valence-corrected chi connectivity index (χ1v) is 11.3. The molecule has 0 fully saturated rings. The van der Waals surface area contributed by atoms with Crippen LogP contribution in [-0.2, 0) is 13.2 Å². The molecule has 10 heteroatoms. The average Bonchev–Trinajstić information content (AvgIpc) is 2.79. The Hall–Kier alpha value is -3.11. The zero-order valence-electron chi connectivity index (χ0n) is 19.1. The molecule has 2 aromatic carbocycles. The summed E-state index contributed by atoms with van der Waals surface area (Å²) in [6, 6.07) is 10.1. The summed E-state index contributed by atoms with van der Waals surface area (Å²) in [5, 5.41) is 2.85. The molecule has 0 aliphatic carbocycles. The highest BCUT2D eigenvalue weighted by Gasteiger charge is 2.15. The molecule has 0 spiro atoms. The average molecular weight is 535 g/mol. The molecule has 0 aliphatic heterocycles. The first kappa shape index (κ1) is 25.5. The van der Waals surface area contributed by atoms with Crippen molar-refractivity contribution in [3.05, 3.63) is 91.4 Å². The topological polar surface area (TPSA) is 76.5 Å². The molecule has 0 atom stereocenters. The minimum Gasteiger partial charge on any atom is -0.472 e. The van der Waals surface area contributed by atoms with E-state index in [1.807, 2.05) is 19.0 Å². The summed E-state index contributed by atoms with van der Waals surface area (Å²) in [5.41, 5.74) is 1.11. The predicted molar refractivity (Wildman–Crippen MR) is 128 cm³/mol. The van der Waals surface area contributed by atoms with E-state index >= 15 is 0 Å². The molecule has 0 unspecified atom stereocenters. The summed E-state index contributed by atoms with van der Waals surface area (Å²) in [6.45, 7) is 2.98. The molecule has 1 heterocycles. The van der Waals surface area contributed by atoms with Crippen molar-refractivity contribution in [2.45, 2.75) is 20.1 Å². The van der Waals surface area contributed by atoms with Crippen LogP contribution in [0.15, 0.2) is 51.7 Å². The van der Waals surface area contributed by atoms with E-state index in [4.69, 9.17) is 4.74 Å². The molecule has 7 nitrogen and oxygen atoms in total. The standard InChI is InChI=1S/C24H25BrF2N4O3/c1-15-29-23(34-14-18-8-9-19(26)12-20(18)27)21(25)24(33)31(15)13-16-4-6-17(7-5-16)22(32)28-10-11-30(2)3/h4-9,12H,10-11,13-14H2,1-3H3,(H,28,32). The number of nitrogens with one attached hydrogen (secondary N) is 1. The third-order valence-electron chi connectivity index (χ3n) is 5.06. The van der Waals surface area contributed by atoms with Gasteiger partial charge in [0.1, 0.15) is 28.5 Å². The Morgan fingerprint density at radius 2 is 1.88 bits per heavy atom. The van der Waals surface area contributed by atoms with Gasteiger partial charge in [-0.2, -0.15) is 4.98 Å². The van der Waals surface area contributed by atoms with Crippen molar-refractivity contribution >= 4 is 21.8 Å². The minimum absolute atomic E-state index is 0.0206. The van der Waals surface area contributed by atoms with E-state index in [9.17, 15) is 18.4 Å². The monoisotopic (exact) mass is 534 g/mol. The first-order chi connectivity index (χ1) is 16.2. The van der Waals surface area contributed by atoms with Gasteiger partial charge in [0.2, 0.25) is 5.88 Å². The molecule has 1 aromatic heterocycles. The van der Waals surface area contributed by atoms with Crippen LogP contribution in [0.3, 0.4) is 0 Å². The number of carbonyl (C=O) groups excluding carboxylic acids is 1. The van der Waals surface area contributed by atoms with Gasteiger partial charge in [0.25, 0.3) is 11.5 Å². The highest BCUT2D eigenvalue weighted by atomic mass is 79.9. The van der Waals surface area contributed by atoms with Gasteiger partial charge >= 0.3 is 0 Å². The second-order valence-corrected chi connectivity index (χ2v) is 8.74. The summed E-state index contributed by atoms with van der Waals surface area (Å²) in [7, 11) is 3.87. The number of amides is 1. The van der Waals surface area contributed by atoms with Crippen molar-refractivity contribution in [2.75, 3.05) is 27.2 Å². The molecule has 0 bridgehead atoms. The van der Waals surface area contributed by atoms with Gasteiger partial charge in [-0.3, -0.25) is 14.2 Å². The van der Waals surface area contributed by atoms with Crippen LogP contribution in [0.5, 0.6) is 5.88 Å². The number of likely N-dealkylation sites (N-methyl/N-ethyl adjacent to an activating group) is 1. The highest BCUT2D eigenvalue weighted by Crippen LogP contribution is 2.21. The largest absolute Gasteiger partial charge is 0.472 e. The minimum atomic E-state index is -0.740. The lowest BCUT2D eigenvalue weighted by Gasteiger charge is -2.14. The van der Waals surface area contributed by atoms with E-state index in [1.54, 1.807) is 31.2 Å².